The molecule has 1 N–H and O–H groups in total. The van der Waals surface area contributed by atoms with Crippen molar-refractivity contribution in [1.82, 2.24) is 20.2 Å². The summed E-state index contributed by atoms with van der Waals surface area (Å²) in [5.41, 5.74) is -0.216. The van der Waals surface area contributed by atoms with E-state index >= 15 is 0 Å². The number of aliphatic carboxylic acids is 1. The topological polar surface area (TPSA) is 80.9 Å². The number of carboxylic acid groups (broad SMARTS) is 1. The first-order valence-electron chi connectivity index (χ1n) is 5.39. The van der Waals surface area contributed by atoms with E-state index in [0.717, 1.165) is 10.7 Å². The standard InChI is InChI=1S/C11H10F2N4O2/c1-5-3-4-7(12)8(9(5)13)10-14-15-16-17(10)6(2)11(18)19/h3-4,6H,1-2H3,(H,18,19). The molecule has 0 fully saturated rings. The molecule has 1 unspecified atom stereocenters. The zero-order valence-corrected chi connectivity index (χ0v) is 10.1. The van der Waals surface area contributed by atoms with Gasteiger partial charge in [-0.15, -0.1) is 5.10 Å². The predicted molar refractivity (Wildman–Crippen MR) is 60.3 cm³/mol. The van der Waals surface area contributed by atoms with Crippen LogP contribution in [0.3, 0.4) is 0 Å². The third-order valence-electron chi connectivity index (χ3n) is 2.72. The van der Waals surface area contributed by atoms with E-state index in [1.54, 1.807) is 0 Å². The molecular weight excluding hydrogens is 258 g/mol. The van der Waals surface area contributed by atoms with Gasteiger partial charge in [-0.2, -0.15) is 0 Å². The summed E-state index contributed by atoms with van der Waals surface area (Å²) in [4.78, 5) is 10.9. The van der Waals surface area contributed by atoms with E-state index in [1.807, 2.05) is 0 Å². The van der Waals surface area contributed by atoms with Crippen LogP contribution in [0.15, 0.2) is 12.1 Å². The van der Waals surface area contributed by atoms with Crippen LogP contribution in [0.1, 0.15) is 18.5 Å². The van der Waals surface area contributed by atoms with Crippen molar-refractivity contribution < 1.29 is 18.7 Å². The lowest BCUT2D eigenvalue weighted by molar-refractivity contribution is -0.140. The van der Waals surface area contributed by atoms with Gasteiger partial charge >= 0.3 is 5.97 Å². The van der Waals surface area contributed by atoms with Crippen LogP contribution in [0.4, 0.5) is 8.78 Å². The average molecular weight is 268 g/mol. The van der Waals surface area contributed by atoms with E-state index in [-0.39, 0.29) is 11.4 Å². The van der Waals surface area contributed by atoms with Gasteiger partial charge in [0.1, 0.15) is 11.6 Å². The van der Waals surface area contributed by atoms with Crippen LogP contribution in [-0.2, 0) is 4.79 Å². The molecule has 100 valence electrons. The Kier molecular flexibility index (Phi) is 3.24. The van der Waals surface area contributed by atoms with Gasteiger partial charge < -0.3 is 5.11 Å². The largest absolute Gasteiger partial charge is 0.480 e. The van der Waals surface area contributed by atoms with Gasteiger partial charge in [-0.3, -0.25) is 0 Å². The highest BCUT2D eigenvalue weighted by atomic mass is 19.1. The number of rotatable bonds is 3. The molecule has 2 rings (SSSR count). The van der Waals surface area contributed by atoms with Crippen molar-refractivity contribution in [2.24, 2.45) is 0 Å². The molecule has 2 aromatic rings. The molecule has 19 heavy (non-hydrogen) atoms. The van der Waals surface area contributed by atoms with Crippen molar-refractivity contribution in [1.29, 1.82) is 0 Å². The third kappa shape index (κ3) is 2.16. The molecule has 0 aliphatic heterocycles. The Morgan fingerprint density at radius 1 is 1.42 bits per heavy atom. The van der Waals surface area contributed by atoms with Crippen LogP contribution in [0, 0.1) is 18.6 Å². The molecule has 0 amide bonds. The summed E-state index contributed by atoms with van der Waals surface area (Å²) in [5, 5.41) is 19.2. The normalized spacial score (nSPS) is 12.4. The lowest BCUT2D eigenvalue weighted by atomic mass is 10.1. The molecule has 0 saturated carbocycles. The highest BCUT2D eigenvalue weighted by Gasteiger charge is 2.25. The first-order chi connectivity index (χ1) is 8.93. The number of nitrogens with zero attached hydrogens (tertiary/aromatic N) is 4. The number of tetrazole rings is 1. The van der Waals surface area contributed by atoms with Gasteiger partial charge in [-0.1, -0.05) is 6.07 Å². The van der Waals surface area contributed by atoms with Crippen LogP contribution in [0.5, 0.6) is 0 Å². The van der Waals surface area contributed by atoms with Crippen molar-refractivity contribution in [2.45, 2.75) is 19.9 Å². The van der Waals surface area contributed by atoms with Crippen molar-refractivity contribution in [3.63, 3.8) is 0 Å². The molecule has 1 aromatic heterocycles. The van der Waals surface area contributed by atoms with Crippen LogP contribution in [0.25, 0.3) is 11.4 Å². The fourth-order valence-electron chi connectivity index (χ4n) is 1.59. The molecule has 0 spiro atoms. The summed E-state index contributed by atoms with van der Waals surface area (Å²) >= 11 is 0. The van der Waals surface area contributed by atoms with E-state index in [4.69, 9.17) is 5.11 Å². The Morgan fingerprint density at radius 3 is 2.74 bits per heavy atom. The summed E-state index contributed by atoms with van der Waals surface area (Å²) in [6.45, 7) is 2.78. The monoisotopic (exact) mass is 268 g/mol. The number of carboxylic acids is 1. The predicted octanol–water partition coefficient (Wildman–Crippen LogP) is 1.57. The van der Waals surface area contributed by atoms with Gasteiger partial charge in [0.15, 0.2) is 11.9 Å². The van der Waals surface area contributed by atoms with Gasteiger partial charge in [0.25, 0.3) is 0 Å². The van der Waals surface area contributed by atoms with E-state index < -0.39 is 29.2 Å². The molecule has 0 aliphatic rings. The quantitative estimate of drug-likeness (QED) is 0.913. The zero-order chi connectivity index (χ0) is 14.2. The molecular formula is C11H10F2N4O2. The number of hydrogen-bond donors (Lipinski definition) is 1. The molecule has 1 atom stereocenters. The molecule has 6 nitrogen and oxygen atoms in total. The minimum absolute atomic E-state index is 0.217. The minimum Gasteiger partial charge on any atom is -0.480 e. The highest BCUT2D eigenvalue weighted by Crippen LogP contribution is 2.27. The average Bonchev–Trinajstić information content (AvgIpc) is 2.82. The summed E-state index contributed by atoms with van der Waals surface area (Å²) in [6.07, 6.45) is 0. The number of aryl methyl sites for hydroxylation is 1. The Hall–Kier alpha value is -2.38. The summed E-state index contributed by atoms with van der Waals surface area (Å²) in [7, 11) is 0. The van der Waals surface area contributed by atoms with Gasteiger partial charge in [0, 0.05) is 0 Å². The first-order valence-corrected chi connectivity index (χ1v) is 5.39. The Balaban J connectivity index is 2.64. The van der Waals surface area contributed by atoms with Gasteiger partial charge in [0.05, 0.1) is 5.56 Å². The fraction of sp³-hybridized carbons (Fsp3) is 0.273. The highest BCUT2D eigenvalue weighted by molar-refractivity contribution is 5.72. The van der Waals surface area contributed by atoms with Crippen LogP contribution in [0.2, 0.25) is 0 Å². The first kappa shape index (κ1) is 13.1. The van der Waals surface area contributed by atoms with Crippen molar-refractivity contribution >= 4 is 5.97 Å². The van der Waals surface area contributed by atoms with Crippen LogP contribution >= 0.6 is 0 Å². The molecule has 0 aliphatic carbocycles. The smallest absolute Gasteiger partial charge is 0.328 e. The third-order valence-corrected chi connectivity index (χ3v) is 2.72. The van der Waals surface area contributed by atoms with Crippen molar-refractivity contribution in [2.75, 3.05) is 0 Å². The lowest BCUT2D eigenvalue weighted by Gasteiger charge is -2.10. The maximum atomic E-state index is 14.0. The second-order valence-corrected chi connectivity index (χ2v) is 4.01. The summed E-state index contributed by atoms with van der Waals surface area (Å²) in [5.74, 6) is -3.12. The van der Waals surface area contributed by atoms with Gasteiger partial charge in [-0.25, -0.2) is 18.3 Å². The number of halogens is 2. The Labute approximate surface area is 106 Å². The van der Waals surface area contributed by atoms with Crippen LogP contribution < -0.4 is 0 Å². The van der Waals surface area contributed by atoms with Crippen molar-refractivity contribution in [3.8, 4) is 11.4 Å². The van der Waals surface area contributed by atoms with Crippen molar-refractivity contribution in [3.05, 3.63) is 29.3 Å². The summed E-state index contributed by atoms with van der Waals surface area (Å²) in [6, 6.07) is 1.23. The lowest BCUT2D eigenvalue weighted by Crippen LogP contribution is -2.18. The Morgan fingerprint density at radius 2 is 2.11 bits per heavy atom. The number of benzene rings is 1. The maximum absolute atomic E-state index is 14.0. The SMILES string of the molecule is Cc1ccc(F)c(-c2nnnn2C(C)C(=O)O)c1F. The van der Waals surface area contributed by atoms with E-state index in [0.29, 0.717) is 0 Å². The fourth-order valence-corrected chi connectivity index (χ4v) is 1.59. The number of aromatic nitrogens is 4. The molecule has 1 heterocycles. The number of hydrogen-bond acceptors (Lipinski definition) is 4. The van der Waals surface area contributed by atoms with Crippen LogP contribution in [-0.4, -0.2) is 31.3 Å². The van der Waals surface area contributed by atoms with E-state index in [2.05, 4.69) is 15.5 Å². The molecule has 0 saturated heterocycles. The molecule has 0 radical (unpaired) electrons. The van der Waals surface area contributed by atoms with Gasteiger partial charge in [-0.05, 0) is 35.9 Å². The van der Waals surface area contributed by atoms with E-state index in [1.165, 1.54) is 19.9 Å². The van der Waals surface area contributed by atoms with E-state index in [9.17, 15) is 13.6 Å². The van der Waals surface area contributed by atoms with Gasteiger partial charge in [0.2, 0.25) is 0 Å². The summed E-state index contributed by atoms with van der Waals surface area (Å²) < 4.78 is 28.6. The minimum atomic E-state index is -1.21. The number of carbonyl (C=O) groups is 1. The zero-order valence-electron chi connectivity index (χ0n) is 10.1. The molecule has 1 aromatic carbocycles. The molecule has 8 heteroatoms. The molecule has 0 bridgehead atoms. The maximum Gasteiger partial charge on any atom is 0.328 e. The second-order valence-electron chi connectivity index (χ2n) is 4.01. The second kappa shape index (κ2) is 4.71. The Bertz CT molecular complexity index is 642.